The van der Waals surface area contributed by atoms with E-state index in [1.54, 1.807) is 10.6 Å². The molecule has 1 radical (unpaired) electrons. The van der Waals surface area contributed by atoms with E-state index in [4.69, 9.17) is 5.26 Å². The lowest BCUT2D eigenvalue weighted by atomic mass is 10.5. The minimum Gasteiger partial charge on any atom is -0.339 e. The third-order valence-corrected chi connectivity index (χ3v) is 1.40. The van der Waals surface area contributed by atoms with Crippen molar-refractivity contribution in [1.29, 1.82) is 5.26 Å². The van der Waals surface area contributed by atoms with Crippen LogP contribution in [-0.2, 0) is 7.05 Å². The van der Waals surface area contributed by atoms with Crippen molar-refractivity contribution in [1.82, 2.24) is 4.57 Å². The quantitative estimate of drug-likeness (QED) is 0.501. The van der Waals surface area contributed by atoms with Gasteiger partial charge in [0.25, 0.3) is 0 Å². The number of hydrogen-bond donors (Lipinski definition) is 0. The maximum atomic E-state index is 8.44. The van der Waals surface area contributed by atoms with Gasteiger partial charge in [-0.3, -0.25) is 0 Å². The van der Waals surface area contributed by atoms with E-state index >= 15 is 0 Å². The van der Waals surface area contributed by atoms with Crippen LogP contribution in [0.25, 0.3) is 0 Å². The van der Waals surface area contributed by atoms with Gasteiger partial charge in [-0.15, -0.1) is 0 Å². The van der Waals surface area contributed by atoms with Crippen molar-refractivity contribution in [2.45, 2.75) is 6.92 Å². The number of aromatic nitrogens is 1. The minimum atomic E-state index is 0.660. The third kappa shape index (κ3) is 0.812. The van der Waals surface area contributed by atoms with Gasteiger partial charge in [0.15, 0.2) is 0 Å². The lowest BCUT2D eigenvalue weighted by molar-refractivity contribution is 0.865. The topological polar surface area (TPSA) is 28.7 Å². The lowest BCUT2D eigenvalue weighted by Gasteiger charge is -1.93. The van der Waals surface area contributed by atoms with Crippen LogP contribution in [0.5, 0.6) is 0 Å². The molecule has 0 amide bonds. The van der Waals surface area contributed by atoms with Gasteiger partial charge in [-0.25, -0.2) is 0 Å². The van der Waals surface area contributed by atoms with E-state index in [9.17, 15) is 0 Å². The highest BCUT2D eigenvalue weighted by Gasteiger charge is 1.96. The van der Waals surface area contributed by atoms with E-state index in [1.165, 1.54) is 0 Å². The number of nitrogens with zero attached hydrogens (tertiary/aromatic N) is 2. The molecule has 2 heteroatoms. The fourth-order valence-electron chi connectivity index (χ4n) is 0.654. The maximum absolute atomic E-state index is 8.44. The Hall–Kier alpha value is -1.23. The van der Waals surface area contributed by atoms with Crippen LogP contribution in [0.1, 0.15) is 11.4 Å². The Kier molecular flexibility index (Phi) is 1.27. The van der Waals surface area contributed by atoms with E-state index in [0.717, 1.165) is 5.69 Å². The van der Waals surface area contributed by atoms with E-state index < -0.39 is 0 Å². The van der Waals surface area contributed by atoms with E-state index in [0.29, 0.717) is 5.69 Å². The van der Waals surface area contributed by atoms with Crippen LogP contribution in [0, 0.1) is 24.3 Å². The fourth-order valence-corrected chi connectivity index (χ4v) is 0.654. The Morgan fingerprint density at radius 1 is 1.78 bits per heavy atom. The molecule has 1 aromatic heterocycles. The van der Waals surface area contributed by atoms with Crippen LogP contribution in [0.3, 0.4) is 0 Å². The Balaban J connectivity index is 3.24. The molecule has 0 aliphatic carbocycles. The minimum absolute atomic E-state index is 0.660. The van der Waals surface area contributed by atoms with Crippen LogP contribution in [-0.4, -0.2) is 4.57 Å². The van der Waals surface area contributed by atoms with Crippen molar-refractivity contribution in [2.24, 2.45) is 7.05 Å². The number of nitriles is 1. The van der Waals surface area contributed by atoms with Gasteiger partial charge < -0.3 is 4.57 Å². The zero-order valence-corrected chi connectivity index (χ0v) is 5.47. The van der Waals surface area contributed by atoms with Crippen molar-refractivity contribution >= 4 is 0 Å². The zero-order chi connectivity index (χ0) is 6.85. The Morgan fingerprint density at radius 2 is 2.44 bits per heavy atom. The molecule has 0 fully saturated rings. The van der Waals surface area contributed by atoms with E-state index in [2.05, 4.69) is 6.07 Å². The maximum Gasteiger partial charge on any atom is 0.120 e. The molecule has 0 spiro atoms. The highest BCUT2D eigenvalue weighted by molar-refractivity contribution is 5.24. The van der Waals surface area contributed by atoms with Crippen molar-refractivity contribution in [3.8, 4) is 6.07 Å². The molecule has 0 saturated carbocycles. The molecule has 45 valence electrons. The molecule has 0 saturated heterocycles. The van der Waals surface area contributed by atoms with Crippen LogP contribution in [0.4, 0.5) is 0 Å². The first-order valence-corrected chi connectivity index (χ1v) is 2.70. The molecule has 0 atom stereocenters. The second-order valence-corrected chi connectivity index (χ2v) is 1.93. The van der Waals surface area contributed by atoms with Crippen LogP contribution in [0.15, 0.2) is 6.07 Å². The molecule has 1 aromatic rings. The Morgan fingerprint density at radius 3 is 2.67 bits per heavy atom. The summed E-state index contributed by atoms with van der Waals surface area (Å²) in [6.07, 6.45) is 0. The summed E-state index contributed by atoms with van der Waals surface area (Å²) in [5, 5.41) is 8.44. The molecule has 0 aliphatic rings. The highest BCUT2D eigenvalue weighted by atomic mass is 14.9. The highest BCUT2D eigenvalue weighted by Crippen LogP contribution is 2.01. The summed E-state index contributed by atoms with van der Waals surface area (Å²) in [5.41, 5.74) is 1.65. The van der Waals surface area contributed by atoms with Gasteiger partial charge in [0.2, 0.25) is 0 Å². The van der Waals surface area contributed by atoms with Gasteiger partial charge in [0, 0.05) is 18.8 Å². The Bertz CT molecular complexity index is 252. The molecular formula is C7H7N2. The van der Waals surface area contributed by atoms with Crippen LogP contribution >= 0.6 is 0 Å². The summed E-state index contributed by atoms with van der Waals surface area (Å²) in [5.74, 6) is 0. The average molecular weight is 119 g/mol. The van der Waals surface area contributed by atoms with Crippen molar-refractivity contribution < 1.29 is 0 Å². The summed E-state index contributed by atoms with van der Waals surface area (Å²) < 4.78 is 1.81. The summed E-state index contributed by atoms with van der Waals surface area (Å²) in [7, 11) is 1.85. The number of aryl methyl sites for hydroxylation is 1. The lowest BCUT2D eigenvalue weighted by Crippen LogP contribution is -1.92. The van der Waals surface area contributed by atoms with Gasteiger partial charge in [0.1, 0.15) is 11.8 Å². The van der Waals surface area contributed by atoms with Crippen LogP contribution in [0.2, 0.25) is 0 Å². The molecule has 1 heterocycles. The molecule has 0 N–H and O–H groups in total. The van der Waals surface area contributed by atoms with Crippen LogP contribution < -0.4 is 0 Å². The number of rotatable bonds is 0. The molecule has 0 aliphatic heterocycles. The summed E-state index contributed by atoms with van der Waals surface area (Å²) in [4.78, 5) is 0. The fraction of sp³-hybridized carbons (Fsp3) is 0.286. The molecule has 1 rings (SSSR count). The van der Waals surface area contributed by atoms with Gasteiger partial charge in [-0.05, 0) is 13.0 Å². The second kappa shape index (κ2) is 1.94. The zero-order valence-electron chi connectivity index (χ0n) is 5.47. The standard InChI is InChI=1S/C7H7N2/c1-6-3-4-7(5-8)9(6)2/h4H,1-2H3. The normalized spacial score (nSPS) is 9.00. The Labute approximate surface area is 54.3 Å². The van der Waals surface area contributed by atoms with Crippen molar-refractivity contribution in [3.63, 3.8) is 0 Å². The predicted molar refractivity (Wildman–Crippen MR) is 33.7 cm³/mol. The van der Waals surface area contributed by atoms with Gasteiger partial charge in [0.05, 0.1) is 0 Å². The molecule has 0 aromatic carbocycles. The molecule has 0 bridgehead atoms. The smallest absolute Gasteiger partial charge is 0.120 e. The first kappa shape index (κ1) is 5.90. The van der Waals surface area contributed by atoms with E-state index in [1.807, 2.05) is 20.0 Å². The second-order valence-electron chi connectivity index (χ2n) is 1.93. The largest absolute Gasteiger partial charge is 0.339 e. The predicted octanol–water partition coefficient (Wildman–Crippen LogP) is 1.01. The summed E-state index contributed by atoms with van der Waals surface area (Å²) in [6, 6.07) is 6.67. The molecule has 9 heavy (non-hydrogen) atoms. The average Bonchev–Trinajstić information content (AvgIpc) is 2.15. The first-order valence-electron chi connectivity index (χ1n) is 2.70. The van der Waals surface area contributed by atoms with Crippen molar-refractivity contribution in [2.75, 3.05) is 0 Å². The third-order valence-electron chi connectivity index (χ3n) is 1.40. The monoisotopic (exact) mass is 119 g/mol. The first-order chi connectivity index (χ1) is 4.25. The molecule has 2 nitrogen and oxygen atoms in total. The molecular weight excluding hydrogens is 112 g/mol. The van der Waals surface area contributed by atoms with Gasteiger partial charge >= 0.3 is 0 Å². The number of hydrogen-bond acceptors (Lipinski definition) is 1. The summed E-state index contributed by atoms with van der Waals surface area (Å²) in [6.45, 7) is 1.92. The summed E-state index contributed by atoms with van der Waals surface area (Å²) >= 11 is 0. The van der Waals surface area contributed by atoms with Gasteiger partial charge in [-0.1, -0.05) is 0 Å². The van der Waals surface area contributed by atoms with Gasteiger partial charge in [-0.2, -0.15) is 5.26 Å². The van der Waals surface area contributed by atoms with Crippen molar-refractivity contribution in [3.05, 3.63) is 23.5 Å². The van der Waals surface area contributed by atoms with E-state index in [-0.39, 0.29) is 0 Å². The molecule has 0 unspecified atom stereocenters. The SMILES string of the molecule is Cc1[c]cc(C#N)n1C.